The number of urea groups is 1. The molecular weight excluding hydrogens is 312 g/mol. The van der Waals surface area contributed by atoms with Crippen LogP contribution in [0, 0.1) is 0 Å². The number of nitrogens with zero attached hydrogens (tertiary/aromatic N) is 5. The van der Waals surface area contributed by atoms with Crippen LogP contribution in [0.3, 0.4) is 0 Å². The highest BCUT2D eigenvalue weighted by atomic mass is 16.3. The summed E-state index contributed by atoms with van der Waals surface area (Å²) in [5, 5.41) is 13.8. The van der Waals surface area contributed by atoms with E-state index in [1.807, 2.05) is 4.90 Å². The Hall–Kier alpha value is -2.16. The first kappa shape index (κ1) is 18.2. The van der Waals surface area contributed by atoms with E-state index in [0.717, 1.165) is 13.1 Å². The van der Waals surface area contributed by atoms with Crippen molar-refractivity contribution in [2.24, 2.45) is 0 Å². The second-order valence-electron chi connectivity index (χ2n) is 6.14. The minimum atomic E-state index is -0.250. The molecule has 0 aliphatic carbocycles. The summed E-state index contributed by atoms with van der Waals surface area (Å²) in [6.45, 7) is 6.21. The Balaban J connectivity index is 0.000000647. The Morgan fingerprint density at radius 1 is 1.42 bits per heavy atom. The number of hydrogen-bond acceptors (Lipinski definition) is 5. The molecule has 3 rings (SSSR count). The fourth-order valence-electron chi connectivity index (χ4n) is 3.23. The van der Waals surface area contributed by atoms with Crippen LogP contribution in [0.2, 0.25) is 0 Å². The lowest BCUT2D eigenvalue weighted by atomic mass is 9.98. The molecule has 1 atom stereocenters. The van der Waals surface area contributed by atoms with E-state index in [1.54, 1.807) is 11.0 Å². The van der Waals surface area contributed by atoms with E-state index in [0.29, 0.717) is 25.2 Å². The van der Waals surface area contributed by atoms with Crippen molar-refractivity contribution in [2.45, 2.75) is 44.8 Å². The maximum Gasteiger partial charge on any atom is 0.317 e. The number of piperidine rings is 1. The van der Waals surface area contributed by atoms with Crippen LogP contribution >= 0.6 is 0 Å². The molecule has 1 aromatic heterocycles. The Kier molecular flexibility index (Phi) is 6.98. The predicted molar refractivity (Wildman–Crippen MR) is 87.5 cm³/mol. The first-order valence-corrected chi connectivity index (χ1v) is 8.34. The Morgan fingerprint density at radius 3 is 2.79 bits per heavy atom. The summed E-state index contributed by atoms with van der Waals surface area (Å²) in [4.78, 5) is 28.7. The van der Waals surface area contributed by atoms with Gasteiger partial charge in [0.2, 0.25) is 0 Å². The molecule has 1 aromatic rings. The van der Waals surface area contributed by atoms with E-state index in [1.165, 1.54) is 32.1 Å². The molecule has 0 bridgehead atoms. The van der Waals surface area contributed by atoms with E-state index in [2.05, 4.69) is 27.2 Å². The smallest absolute Gasteiger partial charge is 0.317 e. The van der Waals surface area contributed by atoms with Gasteiger partial charge in [-0.25, -0.2) is 9.78 Å². The van der Waals surface area contributed by atoms with Crippen molar-refractivity contribution in [3.8, 4) is 0 Å². The van der Waals surface area contributed by atoms with Gasteiger partial charge in [-0.1, -0.05) is 6.42 Å². The summed E-state index contributed by atoms with van der Waals surface area (Å²) in [5.74, 6) is 0. The quantitative estimate of drug-likeness (QED) is 0.763. The van der Waals surface area contributed by atoms with Crippen molar-refractivity contribution in [1.82, 2.24) is 29.9 Å². The molecule has 134 valence electrons. The maximum absolute atomic E-state index is 12.0. The van der Waals surface area contributed by atoms with Gasteiger partial charge in [0.1, 0.15) is 12.7 Å². The second kappa shape index (κ2) is 9.21. The number of rotatable bonds is 4. The van der Waals surface area contributed by atoms with Crippen molar-refractivity contribution in [3.63, 3.8) is 0 Å². The zero-order chi connectivity index (χ0) is 17.4. The number of amides is 2. The minimum absolute atomic E-state index is 0.0380. The van der Waals surface area contributed by atoms with Crippen LogP contribution in [0.1, 0.15) is 26.2 Å². The first-order valence-electron chi connectivity index (χ1n) is 8.34. The molecule has 24 heavy (non-hydrogen) atoms. The van der Waals surface area contributed by atoms with Gasteiger partial charge >= 0.3 is 6.03 Å². The van der Waals surface area contributed by atoms with Crippen LogP contribution < -0.4 is 5.32 Å². The normalized spacial score (nSPS) is 21.4. The summed E-state index contributed by atoms with van der Waals surface area (Å²) in [6.07, 6.45) is 7.09. The monoisotopic (exact) mass is 338 g/mol. The van der Waals surface area contributed by atoms with E-state index in [4.69, 9.17) is 9.90 Å². The van der Waals surface area contributed by atoms with Gasteiger partial charge in [-0.05, 0) is 26.3 Å². The van der Waals surface area contributed by atoms with Crippen molar-refractivity contribution >= 4 is 12.5 Å². The number of aromatic nitrogens is 3. The van der Waals surface area contributed by atoms with E-state index < -0.39 is 0 Å². The van der Waals surface area contributed by atoms with E-state index in [9.17, 15) is 4.79 Å². The molecule has 2 saturated heterocycles. The molecule has 0 aromatic carbocycles. The summed E-state index contributed by atoms with van der Waals surface area (Å²) < 4.78 is 1.72. The highest BCUT2D eigenvalue weighted by molar-refractivity contribution is 5.75. The Labute approximate surface area is 141 Å². The Morgan fingerprint density at radius 2 is 2.17 bits per heavy atom. The standard InChI is InChI=1S/C14H24N6O.CH2O2/c1-12-4-2-3-6-20(12)13-8-18(9-13)14(21)16-5-7-19-11-15-10-17-19;2-1-3/h10-13H,2-9H2,1H3,(H,16,21);1H,(H,2,3). The summed E-state index contributed by atoms with van der Waals surface area (Å²) in [6, 6.07) is 1.26. The van der Waals surface area contributed by atoms with Gasteiger partial charge in [0.05, 0.1) is 6.54 Å². The highest BCUT2D eigenvalue weighted by Gasteiger charge is 2.37. The topological polar surface area (TPSA) is 104 Å². The largest absolute Gasteiger partial charge is 0.483 e. The van der Waals surface area contributed by atoms with Gasteiger partial charge in [-0.15, -0.1) is 0 Å². The number of carboxylic acid groups (broad SMARTS) is 1. The summed E-state index contributed by atoms with van der Waals surface area (Å²) in [5.41, 5.74) is 0. The third kappa shape index (κ3) is 4.92. The van der Waals surface area contributed by atoms with Crippen LogP contribution in [-0.4, -0.2) is 80.4 Å². The zero-order valence-electron chi connectivity index (χ0n) is 14.0. The van der Waals surface area contributed by atoms with Crippen LogP contribution in [0.25, 0.3) is 0 Å². The van der Waals surface area contributed by atoms with Crippen molar-refractivity contribution in [3.05, 3.63) is 12.7 Å². The van der Waals surface area contributed by atoms with Crippen LogP contribution in [0.15, 0.2) is 12.7 Å². The third-order valence-electron chi connectivity index (χ3n) is 4.56. The van der Waals surface area contributed by atoms with Gasteiger partial charge in [0, 0.05) is 31.7 Å². The number of likely N-dealkylation sites (tertiary alicyclic amines) is 2. The zero-order valence-corrected chi connectivity index (χ0v) is 14.0. The van der Waals surface area contributed by atoms with Crippen LogP contribution in [0.4, 0.5) is 4.79 Å². The molecule has 2 amide bonds. The van der Waals surface area contributed by atoms with Crippen molar-refractivity contribution in [1.29, 1.82) is 0 Å². The average molecular weight is 338 g/mol. The predicted octanol–water partition coefficient (Wildman–Crippen LogP) is 0.247. The lowest BCUT2D eigenvalue weighted by Gasteiger charge is -2.49. The van der Waals surface area contributed by atoms with Crippen LogP contribution in [-0.2, 0) is 11.3 Å². The lowest BCUT2D eigenvalue weighted by molar-refractivity contribution is -0.122. The second-order valence-corrected chi connectivity index (χ2v) is 6.14. The molecule has 2 N–H and O–H groups in total. The fourth-order valence-corrected chi connectivity index (χ4v) is 3.23. The molecule has 0 saturated carbocycles. The van der Waals surface area contributed by atoms with Gasteiger partial charge in [0.15, 0.2) is 0 Å². The molecular formula is C15H26N6O3. The van der Waals surface area contributed by atoms with E-state index in [-0.39, 0.29) is 12.5 Å². The van der Waals surface area contributed by atoms with E-state index >= 15 is 0 Å². The van der Waals surface area contributed by atoms with Crippen LogP contribution in [0.5, 0.6) is 0 Å². The van der Waals surface area contributed by atoms with Crippen molar-refractivity contribution < 1.29 is 14.7 Å². The Bertz CT molecular complexity index is 503. The lowest BCUT2D eigenvalue weighted by Crippen LogP contribution is -2.65. The van der Waals surface area contributed by atoms with Gasteiger partial charge < -0.3 is 15.3 Å². The average Bonchev–Trinajstić information content (AvgIpc) is 3.02. The molecule has 9 nitrogen and oxygen atoms in total. The third-order valence-corrected chi connectivity index (χ3v) is 4.56. The molecule has 0 radical (unpaired) electrons. The number of carbonyl (C=O) groups is 2. The molecule has 2 fully saturated rings. The number of hydrogen-bond donors (Lipinski definition) is 2. The first-order chi connectivity index (χ1) is 11.7. The molecule has 3 heterocycles. The fraction of sp³-hybridized carbons (Fsp3) is 0.733. The molecule has 2 aliphatic rings. The number of carbonyl (C=O) groups excluding carboxylic acids is 1. The van der Waals surface area contributed by atoms with Gasteiger partial charge in [-0.2, -0.15) is 5.10 Å². The molecule has 0 spiro atoms. The molecule has 2 aliphatic heterocycles. The molecule has 9 heteroatoms. The maximum atomic E-state index is 12.0. The summed E-state index contributed by atoms with van der Waals surface area (Å²) in [7, 11) is 0. The SMILES string of the molecule is CC1CCCCN1C1CN(C(=O)NCCn2cncn2)C1.O=CO. The number of nitrogens with one attached hydrogen (secondary N) is 1. The summed E-state index contributed by atoms with van der Waals surface area (Å²) >= 11 is 0. The highest BCUT2D eigenvalue weighted by Crippen LogP contribution is 2.24. The van der Waals surface area contributed by atoms with Gasteiger partial charge in [0.25, 0.3) is 6.47 Å². The van der Waals surface area contributed by atoms with Crippen molar-refractivity contribution in [2.75, 3.05) is 26.2 Å². The minimum Gasteiger partial charge on any atom is -0.483 e. The molecule has 1 unspecified atom stereocenters. The van der Waals surface area contributed by atoms with Gasteiger partial charge in [-0.3, -0.25) is 14.4 Å².